The molecule has 4 nitrogen and oxygen atoms in total. The number of hydrogen-bond donors (Lipinski definition) is 2. The number of thiophene rings is 1. The number of carbonyl (C=O) groups is 1. The average Bonchev–Trinajstić information content (AvgIpc) is 2.92. The zero-order valence-corrected chi connectivity index (χ0v) is 13.2. The van der Waals surface area contributed by atoms with Crippen molar-refractivity contribution < 1.29 is 4.79 Å². The van der Waals surface area contributed by atoms with E-state index in [0.717, 1.165) is 9.35 Å². The topological polar surface area (TPSA) is 60.0 Å². The zero-order chi connectivity index (χ0) is 14.0. The standard InChI is InChI=1S/C13H16BrN3OS/c1-8(2)17-6-10(15)4-12(17)13(18)16-5-11-3-9(14)7-19-11/h3-4,6-8H,5,15H2,1-2H3,(H,16,18). The Balaban J connectivity index is 2.07. The first-order valence-corrected chi connectivity index (χ1v) is 7.63. The number of nitrogen functional groups attached to an aromatic ring is 1. The van der Waals surface area contributed by atoms with E-state index in [4.69, 9.17) is 5.73 Å². The third-order valence-electron chi connectivity index (χ3n) is 2.70. The molecule has 6 heteroatoms. The smallest absolute Gasteiger partial charge is 0.268 e. The third kappa shape index (κ3) is 3.39. The molecule has 0 aromatic carbocycles. The van der Waals surface area contributed by atoms with Gasteiger partial charge in [0.15, 0.2) is 0 Å². The van der Waals surface area contributed by atoms with Crippen molar-refractivity contribution >= 4 is 38.9 Å². The van der Waals surface area contributed by atoms with Gasteiger partial charge in [0.2, 0.25) is 0 Å². The van der Waals surface area contributed by atoms with Crippen LogP contribution in [0, 0.1) is 0 Å². The number of rotatable bonds is 4. The molecule has 0 aliphatic carbocycles. The van der Waals surface area contributed by atoms with Gasteiger partial charge < -0.3 is 15.6 Å². The van der Waals surface area contributed by atoms with Crippen LogP contribution in [0.15, 0.2) is 28.2 Å². The van der Waals surface area contributed by atoms with Crippen molar-refractivity contribution in [2.45, 2.75) is 26.4 Å². The normalized spacial score (nSPS) is 10.9. The summed E-state index contributed by atoms with van der Waals surface area (Å²) >= 11 is 5.00. The molecule has 0 unspecified atom stereocenters. The molecule has 0 radical (unpaired) electrons. The molecule has 0 saturated carbocycles. The van der Waals surface area contributed by atoms with Gasteiger partial charge in [0.1, 0.15) is 5.69 Å². The number of nitrogens with two attached hydrogens (primary N) is 1. The summed E-state index contributed by atoms with van der Waals surface area (Å²) in [6.07, 6.45) is 1.79. The minimum Gasteiger partial charge on any atom is -0.397 e. The molecule has 0 aliphatic heterocycles. The number of halogens is 1. The van der Waals surface area contributed by atoms with E-state index in [9.17, 15) is 4.79 Å². The second-order valence-electron chi connectivity index (χ2n) is 4.57. The maximum Gasteiger partial charge on any atom is 0.268 e. The Labute approximate surface area is 124 Å². The lowest BCUT2D eigenvalue weighted by molar-refractivity contribution is 0.0940. The highest BCUT2D eigenvalue weighted by Gasteiger charge is 2.14. The number of nitrogens with zero attached hydrogens (tertiary/aromatic N) is 1. The van der Waals surface area contributed by atoms with Gasteiger partial charge in [0.25, 0.3) is 5.91 Å². The highest BCUT2D eigenvalue weighted by atomic mass is 79.9. The molecule has 2 aromatic heterocycles. The predicted molar refractivity (Wildman–Crippen MR) is 82.4 cm³/mol. The highest BCUT2D eigenvalue weighted by Crippen LogP contribution is 2.20. The van der Waals surface area contributed by atoms with Crippen LogP contribution in [0.5, 0.6) is 0 Å². The second kappa shape index (κ2) is 5.79. The van der Waals surface area contributed by atoms with Crippen molar-refractivity contribution in [3.63, 3.8) is 0 Å². The van der Waals surface area contributed by atoms with E-state index in [0.29, 0.717) is 17.9 Å². The highest BCUT2D eigenvalue weighted by molar-refractivity contribution is 9.10. The summed E-state index contributed by atoms with van der Waals surface area (Å²) in [5.41, 5.74) is 6.97. The van der Waals surface area contributed by atoms with E-state index in [2.05, 4.69) is 21.2 Å². The van der Waals surface area contributed by atoms with Gasteiger partial charge in [-0.2, -0.15) is 0 Å². The van der Waals surface area contributed by atoms with Crippen LogP contribution in [0.25, 0.3) is 0 Å². The van der Waals surface area contributed by atoms with Crippen LogP contribution in [0.4, 0.5) is 5.69 Å². The van der Waals surface area contributed by atoms with Crippen LogP contribution in [0.2, 0.25) is 0 Å². The van der Waals surface area contributed by atoms with Crippen LogP contribution >= 0.6 is 27.3 Å². The number of nitrogens with one attached hydrogen (secondary N) is 1. The first kappa shape index (κ1) is 14.1. The molecule has 3 N–H and O–H groups in total. The largest absolute Gasteiger partial charge is 0.397 e. The fourth-order valence-corrected chi connectivity index (χ4v) is 3.21. The van der Waals surface area contributed by atoms with Crippen molar-refractivity contribution in [1.82, 2.24) is 9.88 Å². The van der Waals surface area contributed by atoms with E-state index >= 15 is 0 Å². The van der Waals surface area contributed by atoms with E-state index in [1.807, 2.05) is 29.9 Å². The van der Waals surface area contributed by atoms with Crippen LogP contribution in [-0.2, 0) is 6.54 Å². The summed E-state index contributed by atoms with van der Waals surface area (Å²) < 4.78 is 2.92. The Morgan fingerprint density at radius 3 is 2.84 bits per heavy atom. The van der Waals surface area contributed by atoms with Crippen molar-refractivity contribution in [2.24, 2.45) is 0 Å². The number of carbonyl (C=O) groups excluding carboxylic acids is 1. The van der Waals surface area contributed by atoms with Crippen LogP contribution in [0.1, 0.15) is 35.3 Å². The number of amides is 1. The Kier molecular flexibility index (Phi) is 4.31. The third-order valence-corrected chi connectivity index (χ3v) is 4.40. The van der Waals surface area contributed by atoms with E-state index < -0.39 is 0 Å². The fourth-order valence-electron chi connectivity index (χ4n) is 1.81. The van der Waals surface area contributed by atoms with E-state index in [1.165, 1.54) is 0 Å². The summed E-state index contributed by atoms with van der Waals surface area (Å²) in [6.45, 7) is 4.57. The van der Waals surface area contributed by atoms with Crippen molar-refractivity contribution in [3.05, 3.63) is 38.8 Å². The molecule has 0 aliphatic rings. The summed E-state index contributed by atoms with van der Waals surface area (Å²) in [5, 5.41) is 4.91. The molecule has 1 amide bonds. The van der Waals surface area contributed by atoms with Crippen LogP contribution in [-0.4, -0.2) is 10.5 Å². The molecular formula is C13H16BrN3OS. The molecular weight excluding hydrogens is 326 g/mol. The molecule has 19 heavy (non-hydrogen) atoms. The van der Waals surface area contributed by atoms with Gasteiger partial charge in [0.05, 0.1) is 12.2 Å². The molecule has 2 heterocycles. The zero-order valence-electron chi connectivity index (χ0n) is 10.8. The molecule has 0 bridgehead atoms. The summed E-state index contributed by atoms with van der Waals surface area (Å²) in [4.78, 5) is 13.3. The van der Waals surface area contributed by atoms with Gasteiger partial charge in [-0.05, 0) is 41.9 Å². The molecule has 102 valence electrons. The number of anilines is 1. The minimum atomic E-state index is -0.102. The van der Waals surface area contributed by atoms with Gasteiger partial charge in [-0.25, -0.2) is 0 Å². The lowest BCUT2D eigenvalue weighted by atomic mass is 10.3. The van der Waals surface area contributed by atoms with E-state index in [1.54, 1.807) is 23.6 Å². The Morgan fingerprint density at radius 2 is 2.26 bits per heavy atom. The maximum absolute atomic E-state index is 12.2. The molecule has 0 fully saturated rings. The van der Waals surface area contributed by atoms with Gasteiger partial charge in [-0.1, -0.05) is 0 Å². The fraction of sp³-hybridized carbons (Fsp3) is 0.308. The average molecular weight is 342 g/mol. The number of aromatic nitrogens is 1. The summed E-state index contributed by atoms with van der Waals surface area (Å²) in [6, 6.07) is 3.91. The monoisotopic (exact) mass is 341 g/mol. The first-order valence-electron chi connectivity index (χ1n) is 5.96. The molecule has 0 atom stereocenters. The molecule has 2 rings (SSSR count). The summed E-state index contributed by atoms with van der Waals surface area (Å²) in [5.74, 6) is -0.102. The summed E-state index contributed by atoms with van der Waals surface area (Å²) in [7, 11) is 0. The first-order chi connectivity index (χ1) is 8.97. The molecule has 0 spiro atoms. The Morgan fingerprint density at radius 1 is 1.53 bits per heavy atom. The van der Waals surface area contributed by atoms with Crippen molar-refractivity contribution in [3.8, 4) is 0 Å². The predicted octanol–water partition coefficient (Wildman–Crippen LogP) is 3.41. The SMILES string of the molecule is CC(C)n1cc(N)cc1C(=O)NCc1cc(Br)cs1. The minimum absolute atomic E-state index is 0.102. The maximum atomic E-state index is 12.2. The van der Waals surface area contributed by atoms with Gasteiger partial charge in [-0.15, -0.1) is 11.3 Å². The van der Waals surface area contributed by atoms with Gasteiger partial charge in [0, 0.05) is 27.0 Å². The van der Waals surface area contributed by atoms with Crippen LogP contribution < -0.4 is 11.1 Å². The second-order valence-corrected chi connectivity index (χ2v) is 6.49. The quantitative estimate of drug-likeness (QED) is 0.895. The Bertz CT molecular complexity index is 588. The number of hydrogen-bond acceptors (Lipinski definition) is 3. The molecule has 0 saturated heterocycles. The molecule has 2 aromatic rings. The van der Waals surface area contributed by atoms with Crippen molar-refractivity contribution in [2.75, 3.05) is 5.73 Å². The lowest BCUT2D eigenvalue weighted by Crippen LogP contribution is -2.25. The van der Waals surface area contributed by atoms with Crippen LogP contribution in [0.3, 0.4) is 0 Å². The van der Waals surface area contributed by atoms with E-state index in [-0.39, 0.29) is 11.9 Å². The van der Waals surface area contributed by atoms with Gasteiger partial charge >= 0.3 is 0 Å². The van der Waals surface area contributed by atoms with Gasteiger partial charge in [-0.3, -0.25) is 4.79 Å². The lowest BCUT2D eigenvalue weighted by Gasteiger charge is -2.12. The Hall–Kier alpha value is -1.27. The van der Waals surface area contributed by atoms with Crippen molar-refractivity contribution in [1.29, 1.82) is 0 Å².